The van der Waals surface area contributed by atoms with Gasteiger partial charge in [-0.1, -0.05) is 13.0 Å². The van der Waals surface area contributed by atoms with Crippen LogP contribution in [0.25, 0.3) is 10.9 Å². The van der Waals surface area contributed by atoms with Gasteiger partial charge in [0.2, 0.25) is 5.95 Å². The van der Waals surface area contributed by atoms with Crippen molar-refractivity contribution in [2.24, 2.45) is 0 Å². The Morgan fingerprint density at radius 2 is 2.12 bits per heavy atom. The molecule has 3 aromatic rings. The molecule has 0 amide bonds. The van der Waals surface area contributed by atoms with Crippen molar-refractivity contribution in [3.8, 4) is 23.3 Å². The molecular formula is C18H15N5O2. The Labute approximate surface area is 143 Å². The molecule has 0 radical (unpaired) electrons. The van der Waals surface area contributed by atoms with E-state index in [9.17, 15) is 0 Å². The molecule has 2 aromatic carbocycles. The molecule has 1 aromatic heterocycles. The van der Waals surface area contributed by atoms with Gasteiger partial charge in [0.1, 0.15) is 23.1 Å². The van der Waals surface area contributed by atoms with Crippen molar-refractivity contribution in [2.45, 2.75) is 12.8 Å². The molecule has 4 N–H and O–H groups in total. The standard InChI is InChI=1S/C18H15N5O2/c1-9-8-24-16-14(9)13(25-11-4-2-3-10(5-11)7-19)6-12-15(16)17(20)23-18(21)22-12/h2-6,9H,8H2,1H3,(H4,20,21,22,23). The molecule has 2 heterocycles. The third kappa shape index (κ3) is 2.44. The van der Waals surface area contributed by atoms with Crippen molar-refractivity contribution in [1.29, 1.82) is 5.26 Å². The summed E-state index contributed by atoms with van der Waals surface area (Å²) in [4.78, 5) is 8.28. The Morgan fingerprint density at radius 3 is 2.92 bits per heavy atom. The first kappa shape index (κ1) is 15.0. The first-order chi connectivity index (χ1) is 12.1. The Hall–Kier alpha value is -3.53. The normalized spacial score (nSPS) is 15.4. The highest BCUT2D eigenvalue weighted by Crippen LogP contribution is 2.47. The predicted molar refractivity (Wildman–Crippen MR) is 93.5 cm³/mol. The Morgan fingerprint density at radius 1 is 1.28 bits per heavy atom. The number of anilines is 2. The van der Waals surface area contributed by atoms with Crippen LogP contribution in [-0.2, 0) is 0 Å². The summed E-state index contributed by atoms with van der Waals surface area (Å²) in [6.45, 7) is 2.57. The number of rotatable bonds is 2. The van der Waals surface area contributed by atoms with Gasteiger partial charge in [-0.15, -0.1) is 0 Å². The third-order valence-electron chi connectivity index (χ3n) is 4.15. The highest BCUT2D eigenvalue weighted by molar-refractivity contribution is 5.97. The van der Waals surface area contributed by atoms with Crippen molar-refractivity contribution in [3.05, 3.63) is 41.5 Å². The summed E-state index contributed by atoms with van der Waals surface area (Å²) in [5.74, 6) is 2.31. The van der Waals surface area contributed by atoms with Crippen molar-refractivity contribution >= 4 is 22.7 Å². The van der Waals surface area contributed by atoms with Gasteiger partial charge in [0.05, 0.1) is 29.1 Å². The summed E-state index contributed by atoms with van der Waals surface area (Å²) < 4.78 is 11.9. The van der Waals surface area contributed by atoms with Crippen LogP contribution in [-0.4, -0.2) is 16.6 Å². The molecule has 7 heteroatoms. The number of nitriles is 1. The highest BCUT2D eigenvalue weighted by Gasteiger charge is 2.29. The van der Waals surface area contributed by atoms with E-state index in [1.54, 1.807) is 30.3 Å². The second-order valence-corrected chi connectivity index (χ2v) is 5.93. The fourth-order valence-electron chi connectivity index (χ4n) is 3.05. The van der Waals surface area contributed by atoms with Crippen LogP contribution in [0.5, 0.6) is 17.2 Å². The first-order valence-corrected chi connectivity index (χ1v) is 7.77. The molecular weight excluding hydrogens is 318 g/mol. The van der Waals surface area contributed by atoms with Crippen LogP contribution in [0.15, 0.2) is 30.3 Å². The van der Waals surface area contributed by atoms with Crippen LogP contribution < -0.4 is 20.9 Å². The van der Waals surface area contributed by atoms with Crippen molar-refractivity contribution in [3.63, 3.8) is 0 Å². The number of nitrogens with zero attached hydrogens (tertiary/aromatic N) is 3. The van der Waals surface area contributed by atoms with Gasteiger partial charge in [0, 0.05) is 17.5 Å². The maximum atomic E-state index is 9.06. The number of fused-ring (bicyclic) bond motifs is 3. The number of nitrogen functional groups attached to an aromatic ring is 2. The van der Waals surface area contributed by atoms with E-state index in [1.165, 1.54) is 0 Å². The van der Waals surface area contributed by atoms with Gasteiger partial charge in [-0.25, -0.2) is 4.98 Å². The third-order valence-corrected chi connectivity index (χ3v) is 4.15. The van der Waals surface area contributed by atoms with E-state index < -0.39 is 0 Å². The molecule has 0 fully saturated rings. The minimum Gasteiger partial charge on any atom is -0.492 e. The van der Waals surface area contributed by atoms with Crippen LogP contribution in [0, 0.1) is 11.3 Å². The van der Waals surface area contributed by atoms with Crippen LogP contribution >= 0.6 is 0 Å². The van der Waals surface area contributed by atoms with Gasteiger partial charge in [-0.05, 0) is 18.2 Å². The van der Waals surface area contributed by atoms with Gasteiger partial charge in [-0.3, -0.25) is 0 Å². The molecule has 1 atom stereocenters. The highest BCUT2D eigenvalue weighted by atomic mass is 16.5. The fraction of sp³-hybridized carbons (Fsp3) is 0.167. The predicted octanol–water partition coefficient (Wildman–Crippen LogP) is 2.95. The van der Waals surface area contributed by atoms with Gasteiger partial charge >= 0.3 is 0 Å². The zero-order valence-electron chi connectivity index (χ0n) is 13.5. The number of hydrogen-bond donors (Lipinski definition) is 2. The van der Waals surface area contributed by atoms with Crippen molar-refractivity contribution < 1.29 is 9.47 Å². The number of aromatic nitrogens is 2. The minimum absolute atomic E-state index is 0.0911. The number of nitrogens with two attached hydrogens (primary N) is 2. The van der Waals surface area contributed by atoms with Crippen LogP contribution in [0.3, 0.4) is 0 Å². The summed E-state index contributed by atoms with van der Waals surface area (Å²) in [6, 6.07) is 10.8. The van der Waals surface area contributed by atoms with Gasteiger partial charge < -0.3 is 20.9 Å². The Kier molecular flexibility index (Phi) is 3.32. The van der Waals surface area contributed by atoms with Crippen LogP contribution in [0.2, 0.25) is 0 Å². The van der Waals surface area contributed by atoms with E-state index in [1.807, 2.05) is 6.92 Å². The summed E-state index contributed by atoms with van der Waals surface area (Å²) in [6.07, 6.45) is 0. The van der Waals surface area contributed by atoms with E-state index in [0.717, 1.165) is 5.56 Å². The molecule has 1 unspecified atom stereocenters. The van der Waals surface area contributed by atoms with E-state index in [-0.39, 0.29) is 17.7 Å². The molecule has 0 bridgehead atoms. The molecule has 25 heavy (non-hydrogen) atoms. The lowest BCUT2D eigenvalue weighted by atomic mass is 9.99. The van der Waals surface area contributed by atoms with Gasteiger partial charge in [-0.2, -0.15) is 10.2 Å². The molecule has 0 saturated carbocycles. The lowest BCUT2D eigenvalue weighted by Gasteiger charge is -2.14. The Balaban J connectivity index is 1.92. The molecule has 0 saturated heterocycles. The van der Waals surface area contributed by atoms with Crippen molar-refractivity contribution in [2.75, 3.05) is 18.1 Å². The summed E-state index contributed by atoms with van der Waals surface area (Å²) >= 11 is 0. The minimum atomic E-state index is 0.0911. The molecule has 1 aliphatic rings. The fourth-order valence-corrected chi connectivity index (χ4v) is 3.05. The summed E-state index contributed by atoms with van der Waals surface area (Å²) in [5, 5.41) is 9.70. The first-order valence-electron chi connectivity index (χ1n) is 7.77. The molecule has 4 rings (SSSR count). The van der Waals surface area contributed by atoms with Gasteiger partial charge in [0.15, 0.2) is 0 Å². The lowest BCUT2D eigenvalue weighted by molar-refractivity contribution is 0.340. The molecule has 1 aliphatic heterocycles. The monoisotopic (exact) mass is 333 g/mol. The number of hydrogen-bond acceptors (Lipinski definition) is 7. The summed E-state index contributed by atoms with van der Waals surface area (Å²) in [5.41, 5.74) is 13.7. The zero-order valence-corrected chi connectivity index (χ0v) is 13.5. The van der Waals surface area contributed by atoms with Crippen LogP contribution in [0.1, 0.15) is 24.0 Å². The lowest BCUT2D eigenvalue weighted by Crippen LogP contribution is -2.02. The average Bonchev–Trinajstić information content (AvgIpc) is 2.96. The quantitative estimate of drug-likeness (QED) is 0.739. The SMILES string of the molecule is CC1COc2c1c(Oc1cccc(C#N)c1)cc1nc(N)nc(N)c21. The van der Waals surface area contributed by atoms with Crippen LogP contribution in [0.4, 0.5) is 11.8 Å². The second kappa shape index (κ2) is 5.53. The molecule has 7 nitrogen and oxygen atoms in total. The van der Waals surface area contributed by atoms with Gasteiger partial charge in [0.25, 0.3) is 0 Å². The second-order valence-electron chi connectivity index (χ2n) is 5.93. The zero-order chi connectivity index (χ0) is 17.6. The number of benzene rings is 2. The van der Waals surface area contributed by atoms with E-state index in [0.29, 0.717) is 40.3 Å². The summed E-state index contributed by atoms with van der Waals surface area (Å²) in [7, 11) is 0. The average molecular weight is 333 g/mol. The molecule has 0 aliphatic carbocycles. The maximum Gasteiger partial charge on any atom is 0.222 e. The Bertz CT molecular complexity index is 1040. The molecule has 124 valence electrons. The topological polar surface area (TPSA) is 120 Å². The van der Waals surface area contributed by atoms with E-state index >= 15 is 0 Å². The van der Waals surface area contributed by atoms with Crippen molar-refractivity contribution in [1.82, 2.24) is 9.97 Å². The number of ether oxygens (including phenoxy) is 2. The largest absolute Gasteiger partial charge is 0.492 e. The van der Waals surface area contributed by atoms with E-state index in [2.05, 4.69) is 16.0 Å². The molecule has 0 spiro atoms. The van der Waals surface area contributed by atoms with E-state index in [4.69, 9.17) is 26.2 Å². The maximum absolute atomic E-state index is 9.06. The smallest absolute Gasteiger partial charge is 0.222 e.